The maximum atomic E-state index is 14.1. The van der Waals surface area contributed by atoms with E-state index < -0.39 is 23.6 Å². The van der Waals surface area contributed by atoms with Gasteiger partial charge in [0.05, 0.1) is 40.1 Å². The van der Waals surface area contributed by atoms with E-state index in [0.29, 0.717) is 23.5 Å². The second kappa shape index (κ2) is 21.6. The first kappa shape index (κ1) is 46.8. The van der Waals surface area contributed by atoms with E-state index in [1.54, 1.807) is 35.7 Å². The van der Waals surface area contributed by atoms with E-state index in [1.165, 1.54) is 4.90 Å². The zero-order chi connectivity index (χ0) is 45.1. The lowest BCUT2D eigenvalue weighted by Crippen LogP contribution is -2.57. The van der Waals surface area contributed by atoms with Crippen LogP contribution >= 0.6 is 11.3 Å². The fourth-order valence-electron chi connectivity index (χ4n) is 8.12. The number of aromatic hydroxyl groups is 1. The van der Waals surface area contributed by atoms with Crippen molar-refractivity contribution in [3.63, 3.8) is 0 Å². The Hall–Kier alpha value is -5.67. The van der Waals surface area contributed by atoms with Crippen LogP contribution in [0.4, 0.5) is 5.82 Å². The van der Waals surface area contributed by atoms with Crippen LogP contribution in [0.2, 0.25) is 0 Å². The number of para-hydroxylation sites is 1. The van der Waals surface area contributed by atoms with E-state index in [2.05, 4.69) is 30.9 Å². The second-order valence-electron chi connectivity index (χ2n) is 17.9. The number of aliphatic hydroxyl groups is 1. The summed E-state index contributed by atoms with van der Waals surface area (Å²) in [6, 6.07) is 14.8. The molecule has 1 saturated heterocycles. The Morgan fingerprint density at radius 2 is 1.59 bits per heavy atom. The van der Waals surface area contributed by atoms with Crippen molar-refractivity contribution < 1.29 is 24.6 Å². The molecule has 1 fully saturated rings. The Bertz CT molecular complexity index is 2300. The van der Waals surface area contributed by atoms with Gasteiger partial charge in [-0.2, -0.15) is 5.10 Å². The quantitative estimate of drug-likeness (QED) is 0.0477. The normalized spacial score (nSPS) is 16.2. The number of carbonyl (C=O) groups is 3. The number of hydrogen-bond acceptors (Lipinski definition) is 11. The number of thiazole rings is 1. The Morgan fingerprint density at radius 1 is 0.905 bits per heavy atom. The monoisotopic (exact) mass is 877 g/mol. The van der Waals surface area contributed by atoms with E-state index in [4.69, 9.17) is 5.73 Å². The summed E-state index contributed by atoms with van der Waals surface area (Å²) in [4.78, 5) is 47.8. The van der Waals surface area contributed by atoms with Crippen LogP contribution < -0.4 is 16.4 Å². The molecule has 1 aliphatic heterocycles. The van der Waals surface area contributed by atoms with Crippen LogP contribution in [0, 0.1) is 12.3 Å². The van der Waals surface area contributed by atoms with E-state index in [-0.39, 0.29) is 42.5 Å². The molecule has 0 radical (unpaired) electrons. The molecule has 1 aliphatic rings. The fourth-order valence-corrected chi connectivity index (χ4v) is 8.94. The number of aryl methyl sites for hydroxylation is 2. The number of unbranched alkanes of at least 4 members (excludes halogenated alkanes) is 8. The topological polar surface area (TPSA) is 201 Å². The lowest BCUT2D eigenvalue weighted by atomic mass is 9.85. The van der Waals surface area contributed by atoms with Gasteiger partial charge in [0.1, 0.15) is 17.8 Å². The third-order valence-corrected chi connectivity index (χ3v) is 12.8. The number of phenols is 1. The predicted octanol–water partition coefficient (Wildman–Crippen LogP) is 8.00. The molecule has 0 unspecified atom stereocenters. The summed E-state index contributed by atoms with van der Waals surface area (Å²) in [5.41, 5.74) is 13.0. The third-order valence-electron chi connectivity index (χ3n) is 11.8. The van der Waals surface area contributed by atoms with Gasteiger partial charge in [-0.3, -0.25) is 19.1 Å². The minimum Gasteiger partial charge on any atom is -0.507 e. The molecule has 4 atom stereocenters. The first-order valence-corrected chi connectivity index (χ1v) is 23.1. The maximum Gasteiger partial charge on any atom is 0.246 e. The highest BCUT2D eigenvalue weighted by Crippen LogP contribution is 2.33. The van der Waals surface area contributed by atoms with Gasteiger partial charge in [-0.25, -0.2) is 4.98 Å². The number of phenolic OH excluding ortho intramolecular Hbond substituents is 1. The van der Waals surface area contributed by atoms with Crippen molar-refractivity contribution in [3.05, 3.63) is 83.8 Å². The average Bonchev–Trinajstić information content (AvgIpc) is 4.01. The van der Waals surface area contributed by atoms with Gasteiger partial charge >= 0.3 is 0 Å². The van der Waals surface area contributed by atoms with Gasteiger partial charge in [0.15, 0.2) is 5.82 Å². The van der Waals surface area contributed by atoms with E-state index in [1.807, 2.05) is 87.4 Å². The van der Waals surface area contributed by atoms with Gasteiger partial charge in [0.2, 0.25) is 17.7 Å². The van der Waals surface area contributed by atoms with Crippen molar-refractivity contribution in [1.82, 2.24) is 40.5 Å². The minimum atomic E-state index is -0.844. The molecule has 0 spiro atoms. The molecule has 2 aromatic carbocycles. The van der Waals surface area contributed by atoms with Crippen LogP contribution in [-0.2, 0) is 20.9 Å². The number of benzene rings is 2. The molecule has 0 saturated carbocycles. The molecule has 3 aromatic heterocycles. The number of nitrogens with one attached hydrogen (secondary N) is 2. The second-order valence-corrected chi connectivity index (χ2v) is 18.7. The Kier molecular flexibility index (Phi) is 16.1. The van der Waals surface area contributed by atoms with Crippen molar-refractivity contribution in [3.8, 4) is 38.6 Å². The number of rotatable bonds is 20. The molecule has 63 heavy (non-hydrogen) atoms. The first-order chi connectivity index (χ1) is 30.2. The van der Waals surface area contributed by atoms with Crippen LogP contribution in [-0.4, -0.2) is 82.5 Å². The molecule has 0 aliphatic carbocycles. The summed E-state index contributed by atoms with van der Waals surface area (Å²) >= 11 is 1.59. The Morgan fingerprint density at radius 3 is 2.25 bits per heavy atom. The highest BCUT2D eigenvalue weighted by Gasteiger charge is 2.44. The highest BCUT2D eigenvalue weighted by molar-refractivity contribution is 7.13. The number of likely N-dealkylation sites (tertiary alicyclic amines) is 1. The summed E-state index contributed by atoms with van der Waals surface area (Å²) in [5, 5.41) is 39.7. The lowest BCUT2D eigenvalue weighted by Gasteiger charge is -2.35. The molecule has 6 rings (SSSR count). The van der Waals surface area contributed by atoms with Crippen LogP contribution in [0.1, 0.15) is 116 Å². The molecule has 6 N–H and O–H groups in total. The summed E-state index contributed by atoms with van der Waals surface area (Å²) in [6.07, 6.45) is 12.7. The number of aromatic nitrogens is 5. The van der Waals surface area contributed by atoms with Crippen LogP contribution in [0.3, 0.4) is 0 Å². The smallest absolute Gasteiger partial charge is 0.246 e. The fraction of sp³-hybridized carbons (Fsp3) is 0.479. The number of nitrogens with two attached hydrogens (primary N) is 1. The van der Waals surface area contributed by atoms with Gasteiger partial charge < -0.3 is 31.5 Å². The molecule has 4 heterocycles. The summed E-state index contributed by atoms with van der Waals surface area (Å²) in [7, 11) is 0. The van der Waals surface area contributed by atoms with E-state index in [9.17, 15) is 24.6 Å². The van der Waals surface area contributed by atoms with Gasteiger partial charge in [0, 0.05) is 48.8 Å². The molecule has 336 valence electrons. The van der Waals surface area contributed by atoms with Gasteiger partial charge in [-0.05, 0) is 61.4 Å². The van der Waals surface area contributed by atoms with Crippen molar-refractivity contribution in [1.29, 1.82) is 0 Å². The SMILES string of the molecule is Cc1ncsc1-c1ccc([C@H](C)NC(=O)[C@@H]2C[C@@H](O)CN2C(=O)[C@@H](NC(=O)CCCCCCCCCCCn2cc(-c3cc(-c4ccccc4O)nnc3N)cn2)C(C)(C)C)cc1. The summed E-state index contributed by atoms with van der Waals surface area (Å²) in [5.74, 6) is -0.427. The number of nitrogens with zero attached hydrogens (tertiary/aromatic N) is 6. The predicted molar refractivity (Wildman–Crippen MR) is 247 cm³/mol. The number of nitrogen functional groups attached to an aromatic ring is 1. The first-order valence-electron chi connectivity index (χ1n) is 22.2. The van der Waals surface area contributed by atoms with Crippen molar-refractivity contribution in [2.24, 2.45) is 5.41 Å². The Labute approximate surface area is 374 Å². The number of amides is 3. The van der Waals surface area contributed by atoms with Gasteiger partial charge in [-0.1, -0.05) is 102 Å². The van der Waals surface area contributed by atoms with Crippen molar-refractivity contribution in [2.75, 3.05) is 12.3 Å². The van der Waals surface area contributed by atoms with E-state index in [0.717, 1.165) is 97.2 Å². The molecule has 5 aromatic rings. The van der Waals surface area contributed by atoms with Gasteiger partial charge in [-0.15, -0.1) is 21.5 Å². The van der Waals surface area contributed by atoms with Crippen LogP contribution in [0.15, 0.2) is 72.5 Å². The number of hydrogen-bond donors (Lipinski definition) is 5. The zero-order valence-electron chi connectivity index (χ0n) is 37.2. The van der Waals surface area contributed by atoms with Crippen molar-refractivity contribution in [2.45, 2.75) is 136 Å². The molecule has 14 nitrogen and oxygen atoms in total. The number of β-amino-alcohol motifs (C(OH)–C–C–N with tert-alkyl or cyclic N) is 1. The van der Waals surface area contributed by atoms with E-state index >= 15 is 0 Å². The standard InChI is InChI=1S/C48H63N9O5S/c1-31(33-20-22-34(23-21-33)43-32(2)50-30-63-43)52-46(61)40-25-36(58)29-57(40)47(62)44(48(3,4)5)53-42(60)19-13-11-9-7-6-8-10-12-16-24-56-28-35(27-51-56)38-26-39(54-55-45(38)49)37-17-14-15-18-41(37)59/h14-15,17-18,20-23,26-28,30-31,36,40,44,58-59H,6-13,16,19,24-25,29H2,1-5H3,(H2,49,55)(H,52,61)(H,53,60)/t31-,36+,40-,44+/m0/s1. The molecule has 3 amide bonds. The molecular weight excluding hydrogens is 815 g/mol. The Balaban J connectivity index is 0.868. The lowest BCUT2D eigenvalue weighted by molar-refractivity contribution is -0.144. The summed E-state index contributed by atoms with van der Waals surface area (Å²) < 4.78 is 1.92. The van der Waals surface area contributed by atoms with Crippen molar-refractivity contribution >= 4 is 34.9 Å². The van der Waals surface area contributed by atoms with Crippen LogP contribution in [0.25, 0.3) is 32.8 Å². The third kappa shape index (κ3) is 12.5. The summed E-state index contributed by atoms with van der Waals surface area (Å²) in [6.45, 7) is 10.4. The maximum absolute atomic E-state index is 14.1. The zero-order valence-corrected chi connectivity index (χ0v) is 38.0. The largest absolute Gasteiger partial charge is 0.507 e. The average molecular weight is 878 g/mol. The number of carbonyl (C=O) groups excluding carboxylic acids is 3. The number of anilines is 1. The van der Waals surface area contributed by atoms with Crippen LogP contribution in [0.5, 0.6) is 5.75 Å². The molecular formula is C48H63N9O5S. The highest BCUT2D eigenvalue weighted by atomic mass is 32.1. The number of aliphatic hydroxyl groups excluding tert-OH is 1. The van der Waals surface area contributed by atoms with Gasteiger partial charge in [0.25, 0.3) is 0 Å². The molecule has 0 bridgehead atoms. The minimum absolute atomic E-state index is 0.0350. The molecule has 15 heteroatoms.